The molecule has 0 unspecified atom stereocenters. The molecule has 0 saturated heterocycles. The summed E-state index contributed by atoms with van der Waals surface area (Å²) in [5.74, 6) is -0.778. The maximum atomic E-state index is 14.4. The van der Waals surface area contributed by atoms with Crippen LogP contribution < -0.4 is 5.73 Å². The van der Waals surface area contributed by atoms with E-state index in [2.05, 4.69) is 9.98 Å². The van der Waals surface area contributed by atoms with Crippen molar-refractivity contribution in [2.75, 3.05) is 6.61 Å². The predicted molar refractivity (Wildman–Crippen MR) is 112 cm³/mol. The summed E-state index contributed by atoms with van der Waals surface area (Å²) >= 11 is 0. The topological polar surface area (TPSA) is 124 Å². The molecule has 158 valence electrons. The van der Waals surface area contributed by atoms with E-state index in [9.17, 15) is 13.9 Å². The van der Waals surface area contributed by atoms with Crippen LogP contribution in [0.3, 0.4) is 0 Å². The highest BCUT2D eigenvalue weighted by Crippen LogP contribution is 2.30. The van der Waals surface area contributed by atoms with Crippen LogP contribution in [0.25, 0.3) is 11.3 Å². The highest BCUT2D eigenvalue weighted by atomic mass is 19.1. The standard InChI is InChI=1S/C21H24F2N6O/c1-21(2,11-30)20(26)27-16(25)8-7-15(24)19-18(28-17-4-3-9-29(17)19)13-6-5-12(22)10-14(13)23/h5-8,10,24,30H,3-4,9,11H2,1-2H3,(H3,25,26,27)/b8-7-,24-15?. The van der Waals surface area contributed by atoms with Gasteiger partial charge in [0.1, 0.15) is 34.8 Å². The fraction of sp³-hybridized carbons (Fsp3) is 0.333. The highest BCUT2D eigenvalue weighted by Gasteiger charge is 2.26. The summed E-state index contributed by atoms with van der Waals surface area (Å²) in [5, 5.41) is 25.8. The number of hydrogen-bond acceptors (Lipinski definition) is 4. The summed E-state index contributed by atoms with van der Waals surface area (Å²) in [6, 6.07) is 3.26. The number of nitrogens with zero attached hydrogens (tertiary/aromatic N) is 3. The number of fused-ring (bicyclic) bond motifs is 1. The first kappa shape index (κ1) is 21.5. The molecule has 30 heavy (non-hydrogen) atoms. The molecule has 0 fully saturated rings. The van der Waals surface area contributed by atoms with Gasteiger partial charge in [0.25, 0.3) is 0 Å². The van der Waals surface area contributed by atoms with Crippen molar-refractivity contribution in [2.45, 2.75) is 33.2 Å². The number of rotatable bonds is 6. The van der Waals surface area contributed by atoms with Crippen molar-refractivity contribution < 1.29 is 13.9 Å². The van der Waals surface area contributed by atoms with Crippen molar-refractivity contribution in [1.29, 1.82) is 10.8 Å². The Morgan fingerprint density at radius 1 is 1.33 bits per heavy atom. The average molecular weight is 414 g/mol. The molecule has 1 aliphatic rings. The van der Waals surface area contributed by atoms with Gasteiger partial charge in [-0.3, -0.25) is 10.8 Å². The largest absolute Gasteiger partial charge is 0.395 e. The summed E-state index contributed by atoms with van der Waals surface area (Å²) in [5.41, 5.74) is 5.89. The van der Waals surface area contributed by atoms with E-state index in [4.69, 9.17) is 16.6 Å². The Morgan fingerprint density at radius 3 is 2.73 bits per heavy atom. The zero-order valence-corrected chi connectivity index (χ0v) is 16.8. The monoisotopic (exact) mass is 414 g/mol. The molecule has 2 heterocycles. The molecule has 0 aliphatic carbocycles. The van der Waals surface area contributed by atoms with Crippen molar-refractivity contribution in [3.8, 4) is 11.3 Å². The quantitative estimate of drug-likeness (QED) is 0.429. The van der Waals surface area contributed by atoms with Gasteiger partial charge in [-0.05, 0) is 30.7 Å². The van der Waals surface area contributed by atoms with Crippen LogP contribution in [-0.2, 0) is 13.0 Å². The van der Waals surface area contributed by atoms with E-state index in [0.29, 0.717) is 18.7 Å². The summed E-state index contributed by atoms with van der Waals surface area (Å²) in [4.78, 5) is 8.45. The van der Waals surface area contributed by atoms with E-state index in [-0.39, 0.29) is 35.2 Å². The van der Waals surface area contributed by atoms with Crippen LogP contribution in [0.15, 0.2) is 35.3 Å². The van der Waals surface area contributed by atoms with Crippen LogP contribution in [0.2, 0.25) is 0 Å². The molecule has 0 saturated carbocycles. The van der Waals surface area contributed by atoms with Gasteiger partial charge in [0.2, 0.25) is 0 Å². The number of halogens is 2. The lowest BCUT2D eigenvalue weighted by molar-refractivity contribution is 0.212. The Bertz CT molecular complexity index is 1070. The molecule has 0 atom stereocenters. The summed E-state index contributed by atoms with van der Waals surface area (Å²) in [6.45, 7) is 3.82. The molecular weight excluding hydrogens is 390 g/mol. The third-order valence-electron chi connectivity index (χ3n) is 5.01. The van der Waals surface area contributed by atoms with Crippen LogP contribution in [0.5, 0.6) is 0 Å². The van der Waals surface area contributed by atoms with Gasteiger partial charge in [0.05, 0.1) is 18.0 Å². The van der Waals surface area contributed by atoms with Crippen molar-refractivity contribution in [3.63, 3.8) is 0 Å². The maximum absolute atomic E-state index is 14.4. The van der Waals surface area contributed by atoms with Crippen LogP contribution in [0.1, 0.15) is 31.8 Å². The molecule has 1 aromatic carbocycles. The second-order valence-corrected chi connectivity index (χ2v) is 7.78. The second-order valence-electron chi connectivity index (χ2n) is 7.78. The molecule has 1 aromatic heterocycles. The van der Waals surface area contributed by atoms with E-state index in [1.165, 1.54) is 18.2 Å². The normalized spacial score (nSPS) is 14.4. The van der Waals surface area contributed by atoms with E-state index < -0.39 is 17.0 Å². The van der Waals surface area contributed by atoms with Crippen molar-refractivity contribution in [1.82, 2.24) is 9.55 Å². The predicted octanol–water partition coefficient (Wildman–Crippen LogP) is 3.05. The summed E-state index contributed by atoms with van der Waals surface area (Å²) in [7, 11) is 0. The van der Waals surface area contributed by atoms with Crippen molar-refractivity contribution >= 4 is 17.4 Å². The van der Waals surface area contributed by atoms with Crippen molar-refractivity contribution in [2.24, 2.45) is 16.1 Å². The van der Waals surface area contributed by atoms with Gasteiger partial charge in [-0.25, -0.2) is 18.8 Å². The minimum Gasteiger partial charge on any atom is -0.395 e. The van der Waals surface area contributed by atoms with Crippen LogP contribution in [0, 0.1) is 27.9 Å². The number of imidazole rings is 1. The number of aliphatic hydroxyl groups is 1. The lowest BCUT2D eigenvalue weighted by Gasteiger charge is -2.20. The number of benzene rings is 1. The van der Waals surface area contributed by atoms with Crippen LogP contribution in [-0.4, -0.2) is 38.6 Å². The first-order chi connectivity index (χ1) is 14.1. The third-order valence-corrected chi connectivity index (χ3v) is 5.01. The molecular formula is C21H24F2N6O. The number of aromatic nitrogens is 2. The zero-order chi connectivity index (χ0) is 22.1. The van der Waals surface area contributed by atoms with Gasteiger partial charge in [0, 0.05) is 30.0 Å². The van der Waals surface area contributed by atoms with E-state index in [1.54, 1.807) is 13.8 Å². The maximum Gasteiger partial charge on any atom is 0.146 e. The van der Waals surface area contributed by atoms with E-state index in [0.717, 1.165) is 24.4 Å². The van der Waals surface area contributed by atoms with E-state index >= 15 is 0 Å². The first-order valence-electron chi connectivity index (χ1n) is 9.50. The molecule has 7 nitrogen and oxygen atoms in total. The highest BCUT2D eigenvalue weighted by molar-refractivity contribution is 6.13. The molecule has 0 spiro atoms. The fourth-order valence-electron chi connectivity index (χ4n) is 3.11. The number of nitrogens with two attached hydrogens (primary N) is 1. The third kappa shape index (κ3) is 4.20. The average Bonchev–Trinajstić information content (AvgIpc) is 3.27. The number of aliphatic imine (C=N–C) groups is 1. The molecule has 0 bridgehead atoms. The van der Waals surface area contributed by atoms with Gasteiger partial charge >= 0.3 is 0 Å². The van der Waals surface area contributed by atoms with Crippen molar-refractivity contribution in [3.05, 3.63) is 53.5 Å². The molecule has 2 aromatic rings. The molecule has 0 radical (unpaired) electrons. The number of hydrogen-bond donors (Lipinski definition) is 4. The Hall–Kier alpha value is -3.20. The summed E-state index contributed by atoms with van der Waals surface area (Å²) < 4.78 is 29.6. The number of allylic oxidation sites excluding steroid dienone is 1. The van der Waals surface area contributed by atoms with Gasteiger partial charge in [-0.1, -0.05) is 13.8 Å². The van der Waals surface area contributed by atoms with Crippen LogP contribution in [0.4, 0.5) is 8.78 Å². The molecule has 0 amide bonds. The minimum absolute atomic E-state index is 0.0225. The Labute approximate surface area is 173 Å². The van der Waals surface area contributed by atoms with Gasteiger partial charge < -0.3 is 15.4 Å². The second kappa shape index (κ2) is 8.27. The molecule has 5 N–H and O–H groups in total. The number of amidine groups is 2. The SMILES string of the molecule is CC(C)(CO)C(N)=NC(=N)/C=C\C(=N)c1c(-c2ccc(F)cc2F)nc2n1CCC2. The molecule has 1 aliphatic heterocycles. The fourth-order valence-corrected chi connectivity index (χ4v) is 3.11. The summed E-state index contributed by atoms with van der Waals surface area (Å²) in [6.07, 6.45) is 4.26. The van der Waals surface area contributed by atoms with Gasteiger partial charge in [-0.15, -0.1) is 0 Å². The Kier molecular flexibility index (Phi) is 5.93. The van der Waals surface area contributed by atoms with Gasteiger partial charge in [-0.2, -0.15) is 0 Å². The van der Waals surface area contributed by atoms with E-state index in [1.807, 2.05) is 4.57 Å². The lowest BCUT2D eigenvalue weighted by atomic mass is 9.93. The lowest BCUT2D eigenvalue weighted by Crippen LogP contribution is -2.35. The smallest absolute Gasteiger partial charge is 0.146 e. The van der Waals surface area contributed by atoms with Gasteiger partial charge in [0.15, 0.2) is 0 Å². The zero-order valence-electron chi connectivity index (χ0n) is 16.8. The first-order valence-corrected chi connectivity index (χ1v) is 9.50. The minimum atomic E-state index is -0.771. The molecule has 9 heteroatoms. The number of aliphatic hydroxyl groups excluding tert-OH is 1. The molecule has 3 rings (SSSR count). The Balaban J connectivity index is 1.94. The number of aryl methyl sites for hydroxylation is 1. The van der Waals surface area contributed by atoms with Crippen LogP contribution >= 0.6 is 0 Å². The Morgan fingerprint density at radius 2 is 2.07 bits per heavy atom. The number of nitrogens with one attached hydrogen (secondary N) is 2.